The number of pyridine rings is 1. The lowest BCUT2D eigenvalue weighted by Crippen LogP contribution is -2.13. The van der Waals surface area contributed by atoms with Crippen molar-refractivity contribution in [3.63, 3.8) is 0 Å². The Morgan fingerprint density at radius 1 is 1.00 bits per heavy atom. The average Bonchev–Trinajstić information content (AvgIpc) is 2.33. The van der Waals surface area contributed by atoms with Crippen LogP contribution >= 0.6 is 24.0 Å². The van der Waals surface area contributed by atoms with E-state index in [4.69, 9.17) is 11.6 Å². The van der Waals surface area contributed by atoms with Crippen LogP contribution in [0.1, 0.15) is 11.3 Å². The van der Waals surface area contributed by atoms with E-state index in [1.807, 2.05) is 42.5 Å². The van der Waals surface area contributed by atoms with Gasteiger partial charge in [-0.3, -0.25) is 4.98 Å². The molecule has 0 aliphatic heterocycles. The van der Waals surface area contributed by atoms with Gasteiger partial charge in [-0.15, -0.1) is 12.4 Å². The van der Waals surface area contributed by atoms with E-state index in [1.54, 1.807) is 6.20 Å². The first kappa shape index (κ1) is 14.0. The highest BCUT2D eigenvalue weighted by Crippen LogP contribution is 2.09. The third-order valence-corrected chi connectivity index (χ3v) is 2.53. The molecule has 2 aromatic rings. The van der Waals surface area contributed by atoms with Crippen molar-refractivity contribution in [1.29, 1.82) is 0 Å². The van der Waals surface area contributed by atoms with Gasteiger partial charge >= 0.3 is 0 Å². The van der Waals surface area contributed by atoms with E-state index >= 15 is 0 Å². The van der Waals surface area contributed by atoms with Crippen molar-refractivity contribution >= 4 is 24.0 Å². The van der Waals surface area contributed by atoms with Gasteiger partial charge in [-0.25, -0.2) is 0 Å². The van der Waals surface area contributed by atoms with Crippen LogP contribution in [0.2, 0.25) is 5.02 Å². The molecule has 0 atom stereocenters. The minimum atomic E-state index is 0. The molecule has 0 spiro atoms. The van der Waals surface area contributed by atoms with Crippen LogP contribution in [0.25, 0.3) is 0 Å². The molecular weight excluding hydrogens is 255 g/mol. The quantitative estimate of drug-likeness (QED) is 0.919. The number of aromatic nitrogens is 1. The largest absolute Gasteiger partial charge is 0.307 e. The predicted molar refractivity (Wildman–Crippen MR) is 73.5 cm³/mol. The zero-order valence-electron chi connectivity index (χ0n) is 9.27. The third-order valence-electron chi connectivity index (χ3n) is 2.27. The topological polar surface area (TPSA) is 24.9 Å². The molecule has 1 aromatic carbocycles. The lowest BCUT2D eigenvalue weighted by atomic mass is 10.2. The zero-order valence-corrected chi connectivity index (χ0v) is 10.8. The zero-order chi connectivity index (χ0) is 11.2. The standard InChI is InChI=1S/C13H13ClN2.ClH/c14-12-6-4-11(5-7-12)9-15-10-13-3-1-2-8-16-13;/h1-8,15H,9-10H2;1H. The third kappa shape index (κ3) is 4.73. The van der Waals surface area contributed by atoms with Crippen LogP contribution in [-0.2, 0) is 13.1 Å². The number of nitrogens with zero attached hydrogens (tertiary/aromatic N) is 1. The van der Waals surface area contributed by atoms with Gasteiger partial charge in [0.25, 0.3) is 0 Å². The maximum atomic E-state index is 5.81. The Balaban J connectivity index is 0.00000144. The summed E-state index contributed by atoms with van der Waals surface area (Å²) in [6, 6.07) is 13.8. The van der Waals surface area contributed by atoms with E-state index in [0.29, 0.717) is 0 Å². The van der Waals surface area contributed by atoms with Gasteiger partial charge in [-0.1, -0.05) is 29.8 Å². The van der Waals surface area contributed by atoms with Crippen LogP contribution in [0.5, 0.6) is 0 Å². The maximum Gasteiger partial charge on any atom is 0.0541 e. The van der Waals surface area contributed by atoms with Gasteiger partial charge in [0.15, 0.2) is 0 Å². The van der Waals surface area contributed by atoms with Crippen molar-refractivity contribution in [3.05, 3.63) is 64.9 Å². The summed E-state index contributed by atoms with van der Waals surface area (Å²) in [5.41, 5.74) is 2.27. The fourth-order valence-electron chi connectivity index (χ4n) is 1.44. The summed E-state index contributed by atoms with van der Waals surface area (Å²) in [4.78, 5) is 4.24. The van der Waals surface area contributed by atoms with Crippen LogP contribution in [0, 0.1) is 0 Å². The van der Waals surface area contributed by atoms with Crippen molar-refractivity contribution in [1.82, 2.24) is 10.3 Å². The van der Waals surface area contributed by atoms with E-state index < -0.39 is 0 Å². The molecule has 0 bridgehead atoms. The van der Waals surface area contributed by atoms with E-state index in [0.717, 1.165) is 23.8 Å². The molecule has 0 saturated carbocycles. The minimum Gasteiger partial charge on any atom is -0.307 e. The van der Waals surface area contributed by atoms with Gasteiger partial charge in [0.05, 0.1) is 5.69 Å². The number of hydrogen-bond acceptors (Lipinski definition) is 2. The number of nitrogens with one attached hydrogen (secondary N) is 1. The van der Waals surface area contributed by atoms with Crippen LogP contribution < -0.4 is 5.32 Å². The number of rotatable bonds is 4. The van der Waals surface area contributed by atoms with E-state index in [1.165, 1.54) is 5.56 Å². The van der Waals surface area contributed by atoms with E-state index in [-0.39, 0.29) is 12.4 Å². The molecule has 0 amide bonds. The van der Waals surface area contributed by atoms with Gasteiger partial charge in [0.2, 0.25) is 0 Å². The molecule has 0 aliphatic carbocycles. The minimum absolute atomic E-state index is 0. The molecule has 0 saturated heterocycles. The molecule has 2 rings (SSSR count). The summed E-state index contributed by atoms with van der Waals surface area (Å²) in [5.74, 6) is 0. The number of benzene rings is 1. The van der Waals surface area contributed by atoms with Crippen molar-refractivity contribution in [2.45, 2.75) is 13.1 Å². The second kappa shape index (κ2) is 7.28. The number of hydrogen-bond donors (Lipinski definition) is 1. The molecule has 0 unspecified atom stereocenters. The van der Waals surface area contributed by atoms with Crippen LogP contribution in [-0.4, -0.2) is 4.98 Å². The van der Waals surface area contributed by atoms with Gasteiger partial charge in [-0.05, 0) is 29.8 Å². The molecule has 17 heavy (non-hydrogen) atoms. The first-order valence-electron chi connectivity index (χ1n) is 5.20. The molecule has 0 fully saturated rings. The Hall–Kier alpha value is -1.09. The lowest BCUT2D eigenvalue weighted by molar-refractivity contribution is 0.680. The second-order valence-corrected chi connectivity index (χ2v) is 3.99. The molecule has 1 N–H and O–H groups in total. The van der Waals surface area contributed by atoms with Gasteiger partial charge in [0, 0.05) is 24.3 Å². The van der Waals surface area contributed by atoms with Crippen molar-refractivity contribution in [2.24, 2.45) is 0 Å². The van der Waals surface area contributed by atoms with Crippen molar-refractivity contribution in [3.8, 4) is 0 Å². The van der Waals surface area contributed by atoms with Crippen LogP contribution in [0.15, 0.2) is 48.7 Å². The molecule has 1 aromatic heterocycles. The molecule has 1 heterocycles. The van der Waals surface area contributed by atoms with Gasteiger partial charge in [0.1, 0.15) is 0 Å². The molecule has 90 valence electrons. The van der Waals surface area contributed by atoms with Crippen molar-refractivity contribution in [2.75, 3.05) is 0 Å². The molecule has 0 radical (unpaired) electrons. The normalized spacial score (nSPS) is 9.71. The Kier molecular flexibility index (Phi) is 5.98. The summed E-state index contributed by atoms with van der Waals surface area (Å²) >= 11 is 5.81. The fraction of sp³-hybridized carbons (Fsp3) is 0.154. The lowest BCUT2D eigenvalue weighted by Gasteiger charge is -2.04. The van der Waals surface area contributed by atoms with E-state index in [9.17, 15) is 0 Å². The smallest absolute Gasteiger partial charge is 0.0541 e. The molecule has 2 nitrogen and oxygen atoms in total. The summed E-state index contributed by atoms with van der Waals surface area (Å²) in [5, 5.41) is 4.10. The Morgan fingerprint density at radius 2 is 1.76 bits per heavy atom. The van der Waals surface area contributed by atoms with E-state index in [2.05, 4.69) is 10.3 Å². The fourth-order valence-corrected chi connectivity index (χ4v) is 1.57. The molecule has 4 heteroatoms. The predicted octanol–water partition coefficient (Wildman–Crippen LogP) is 3.45. The van der Waals surface area contributed by atoms with Crippen molar-refractivity contribution < 1.29 is 0 Å². The first-order valence-corrected chi connectivity index (χ1v) is 5.57. The average molecular weight is 269 g/mol. The molecular formula is C13H14Cl2N2. The first-order chi connectivity index (χ1) is 7.84. The van der Waals surface area contributed by atoms with Gasteiger partial charge < -0.3 is 5.32 Å². The Bertz CT molecular complexity index is 429. The summed E-state index contributed by atoms with van der Waals surface area (Å²) in [6.07, 6.45) is 1.80. The number of halogens is 2. The summed E-state index contributed by atoms with van der Waals surface area (Å²) < 4.78 is 0. The highest BCUT2D eigenvalue weighted by molar-refractivity contribution is 6.30. The highest BCUT2D eigenvalue weighted by atomic mass is 35.5. The Morgan fingerprint density at radius 3 is 2.41 bits per heavy atom. The van der Waals surface area contributed by atoms with Crippen LogP contribution in [0.3, 0.4) is 0 Å². The second-order valence-electron chi connectivity index (χ2n) is 3.55. The van der Waals surface area contributed by atoms with Gasteiger partial charge in [-0.2, -0.15) is 0 Å². The Labute approximate surface area is 112 Å². The summed E-state index contributed by atoms with van der Waals surface area (Å²) in [6.45, 7) is 1.61. The molecule has 0 aliphatic rings. The highest BCUT2D eigenvalue weighted by Gasteiger charge is 1.94. The summed E-state index contributed by atoms with van der Waals surface area (Å²) in [7, 11) is 0. The monoisotopic (exact) mass is 268 g/mol. The van der Waals surface area contributed by atoms with Crippen LogP contribution in [0.4, 0.5) is 0 Å². The maximum absolute atomic E-state index is 5.81. The SMILES string of the molecule is Cl.Clc1ccc(CNCc2ccccn2)cc1.